The van der Waals surface area contributed by atoms with Crippen molar-refractivity contribution < 1.29 is 0 Å². The number of hydrogen-bond acceptors (Lipinski definition) is 3. The van der Waals surface area contributed by atoms with Gasteiger partial charge in [0.05, 0.1) is 22.8 Å². The summed E-state index contributed by atoms with van der Waals surface area (Å²) in [4.78, 5) is 0. The first-order chi connectivity index (χ1) is 8.27. The van der Waals surface area contributed by atoms with Crippen LogP contribution < -0.4 is 5.32 Å². The van der Waals surface area contributed by atoms with Crippen molar-refractivity contribution >= 4 is 11.6 Å². The fourth-order valence-corrected chi connectivity index (χ4v) is 2.28. The van der Waals surface area contributed by atoms with Gasteiger partial charge in [0, 0.05) is 18.7 Å². The first-order valence-electron chi connectivity index (χ1n) is 6.17. The highest BCUT2D eigenvalue weighted by Crippen LogP contribution is 2.23. The van der Waals surface area contributed by atoms with E-state index in [0.29, 0.717) is 11.4 Å². The Balaban J connectivity index is 2.79. The SMILES string of the molecule is Cc1nn(C(C)CC(C)(C#N)NC(C)C)cc1Cl. The number of nitrogens with one attached hydrogen (secondary N) is 1. The average molecular weight is 269 g/mol. The molecule has 2 atom stereocenters. The van der Waals surface area contributed by atoms with Crippen molar-refractivity contribution in [2.75, 3.05) is 0 Å². The highest BCUT2D eigenvalue weighted by atomic mass is 35.5. The van der Waals surface area contributed by atoms with Crippen molar-refractivity contribution in [3.05, 3.63) is 16.9 Å². The van der Waals surface area contributed by atoms with Crippen LogP contribution in [-0.4, -0.2) is 21.4 Å². The van der Waals surface area contributed by atoms with E-state index in [0.717, 1.165) is 5.69 Å². The third-order valence-electron chi connectivity index (χ3n) is 2.87. The highest BCUT2D eigenvalue weighted by molar-refractivity contribution is 6.31. The van der Waals surface area contributed by atoms with Gasteiger partial charge in [-0.1, -0.05) is 11.6 Å². The van der Waals surface area contributed by atoms with Gasteiger partial charge in [-0.3, -0.25) is 10.00 Å². The average Bonchev–Trinajstić information content (AvgIpc) is 2.58. The second-order valence-electron chi connectivity index (χ2n) is 5.34. The zero-order chi connectivity index (χ0) is 13.9. The van der Waals surface area contributed by atoms with Crippen LogP contribution in [-0.2, 0) is 0 Å². The first kappa shape index (κ1) is 15.0. The molecule has 1 rings (SSSR count). The molecular weight excluding hydrogens is 248 g/mol. The second kappa shape index (κ2) is 5.73. The third-order valence-corrected chi connectivity index (χ3v) is 3.24. The lowest BCUT2D eigenvalue weighted by molar-refractivity contribution is 0.314. The van der Waals surface area contributed by atoms with Gasteiger partial charge in [-0.25, -0.2) is 0 Å². The molecule has 0 spiro atoms. The maximum atomic E-state index is 9.32. The molecule has 18 heavy (non-hydrogen) atoms. The van der Waals surface area contributed by atoms with Crippen LogP contribution in [0.3, 0.4) is 0 Å². The van der Waals surface area contributed by atoms with E-state index in [1.165, 1.54) is 0 Å². The van der Waals surface area contributed by atoms with E-state index in [4.69, 9.17) is 11.6 Å². The number of aromatic nitrogens is 2. The predicted molar refractivity (Wildman–Crippen MR) is 73.6 cm³/mol. The van der Waals surface area contributed by atoms with Crippen molar-refractivity contribution in [2.24, 2.45) is 0 Å². The van der Waals surface area contributed by atoms with Crippen molar-refractivity contribution in [2.45, 2.75) is 58.7 Å². The number of rotatable bonds is 5. The van der Waals surface area contributed by atoms with Gasteiger partial charge in [0.1, 0.15) is 5.54 Å². The Labute approximate surface area is 114 Å². The number of nitriles is 1. The molecule has 100 valence electrons. The molecule has 5 heteroatoms. The number of aryl methyl sites for hydroxylation is 1. The van der Waals surface area contributed by atoms with Gasteiger partial charge in [-0.15, -0.1) is 0 Å². The summed E-state index contributed by atoms with van der Waals surface area (Å²) in [6.45, 7) is 9.91. The minimum atomic E-state index is -0.556. The Kier molecular flexibility index (Phi) is 4.78. The van der Waals surface area contributed by atoms with E-state index in [1.807, 2.05) is 45.5 Å². The summed E-state index contributed by atoms with van der Waals surface area (Å²) in [7, 11) is 0. The lowest BCUT2D eigenvalue weighted by Crippen LogP contribution is -2.46. The van der Waals surface area contributed by atoms with Gasteiger partial charge in [0.2, 0.25) is 0 Å². The molecule has 4 nitrogen and oxygen atoms in total. The van der Waals surface area contributed by atoms with Crippen molar-refractivity contribution in [1.82, 2.24) is 15.1 Å². The third kappa shape index (κ3) is 3.72. The molecule has 1 heterocycles. The summed E-state index contributed by atoms with van der Waals surface area (Å²) in [5.74, 6) is 0. The van der Waals surface area contributed by atoms with Crippen LogP contribution in [0.5, 0.6) is 0 Å². The second-order valence-corrected chi connectivity index (χ2v) is 5.75. The summed E-state index contributed by atoms with van der Waals surface area (Å²) in [5.41, 5.74) is 0.263. The van der Waals surface area contributed by atoms with Crippen LogP contribution in [0.1, 0.15) is 45.9 Å². The molecule has 0 aromatic carbocycles. The van der Waals surface area contributed by atoms with Crippen LogP contribution in [0.2, 0.25) is 5.02 Å². The predicted octanol–water partition coefficient (Wildman–Crippen LogP) is 3.08. The molecule has 0 saturated carbocycles. The number of nitrogens with zero attached hydrogens (tertiary/aromatic N) is 3. The lowest BCUT2D eigenvalue weighted by atomic mass is 9.94. The van der Waals surface area contributed by atoms with Gasteiger partial charge in [-0.2, -0.15) is 10.4 Å². The molecule has 0 fully saturated rings. The van der Waals surface area contributed by atoms with Crippen LogP contribution in [0.4, 0.5) is 0 Å². The summed E-state index contributed by atoms with van der Waals surface area (Å²) in [6, 6.07) is 2.73. The van der Waals surface area contributed by atoms with Crippen LogP contribution in [0.25, 0.3) is 0 Å². The minimum absolute atomic E-state index is 0.118. The summed E-state index contributed by atoms with van der Waals surface area (Å²) >= 11 is 6.00. The molecule has 0 aliphatic rings. The van der Waals surface area contributed by atoms with Gasteiger partial charge >= 0.3 is 0 Å². The smallest absolute Gasteiger partial charge is 0.106 e. The summed E-state index contributed by atoms with van der Waals surface area (Å²) in [5, 5.41) is 17.6. The Morgan fingerprint density at radius 2 is 2.17 bits per heavy atom. The van der Waals surface area contributed by atoms with Gasteiger partial charge in [-0.05, 0) is 34.6 Å². The fourth-order valence-electron chi connectivity index (χ4n) is 2.14. The van der Waals surface area contributed by atoms with E-state index in [-0.39, 0.29) is 12.1 Å². The van der Waals surface area contributed by atoms with E-state index >= 15 is 0 Å². The van der Waals surface area contributed by atoms with Crippen LogP contribution in [0, 0.1) is 18.3 Å². The normalized spacial score (nSPS) is 16.3. The number of hydrogen-bond donors (Lipinski definition) is 1. The molecule has 0 bridgehead atoms. The lowest BCUT2D eigenvalue weighted by Gasteiger charge is -2.28. The summed E-state index contributed by atoms with van der Waals surface area (Å²) in [6.07, 6.45) is 2.49. The van der Waals surface area contributed by atoms with Gasteiger partial charge in [0.15, 0.2) is 0 Å². The quantitative estimate of drug-likeness (QED) is 0.893. The number of halogens is 1. The van der Waals surface area contributed by atoms with E-state index < -0.39 is 5.54 Å². The van der Waals surface area contributed by atoms with Gasteiger partial charge < -0.3 is 0 Å². The van der Waals surface area contributed by atoms with Crippen LogP contribution in [0.15, 0.2) is 6.20 Å². The van der Waals surface area contributed by atoms with Crippen molar-refractivity contribution in [3.8, 4) is 6.07 Å². The maximum Gasteiger partial charge on any atom is 0.106 e. The van der Waals surface area contributed by atoms with E-state index in [9.17, 15) is 5.26 Å². The van der Waals surface area contributed by atoms with E-state index in [1.54, 1.807) is 0 Å². The Morgan fingerprint density at radius 3 is 2.56 bits per heavy atom. The Hall–Kier alpha value is -1.05. The fraction of sp³-hybridized carbons (Fsp3) is 0.692. The highest BCUT2D eigenvalue weighted by Gasteiger charge is 2.28. The molecule has 1 N–H and O–H groups in total. The molecule has 0 aliphatic carbocycles. The largest absolute Gasteiger partial charge is 0.297 e. The molecule has 0 saturated heterocycles. The monoisotopic (exact) mass is 268 g/mol. The maximum absolute atomic E-state index is 9.32. The van der Waals surface area contributed by atoms with Gasteiger partial charge in [0.25, 0.3) is 0 Å². The molecule has 0 amide bonds. The molecule has 0 aliphatic heterocycles. The molecular formula is C13H21ClN4. The molecule has 0 radical (unpaired) electrons. The van der Waals surface area contributed by atoms with Crippen LogP contribution >= 0.6 is 11.6 Å². The van der Waals surface area contributed by atoms with Crippen molar-refractivity contribution in [1.29, 1.82) is 5.26 Å². The zero-order valence-electron chi connectivity index (χ0n) is 11.7. The Bertz CT molecular complexity index is 427. The minimum Gasteiger partial charge on any atom is -0.297 e. The zero-order valence-corrected chi connectivity index (χ0v) is 12.4. The standard InChI is InChI=1S/C13H21ClN4/c1-9(2)16-13(5,8-15)6-10(3)18-7-12(14)11(4)17-18/h7,9-10,16H,6H2,1-5H3. The summed E-state index contributed by atoms with van der Waals surface area (Å²) < 4.78 is 1.83. The van der Waals surface area contributed by atoms with Crippen molar-refractivity contribution in [3.63, 3.8) is 0 Å². The Morgan fingerprint density at radius 1 is 1.56 bits per heavy atom. The first-order valence-corrected chi connectivity index (χ1v) is 6.55. The van der Waals surface area contributed by atoms with E-state index in [2.05, 4.69) is 16.5 Å². The molecule has 2 unspecified atom stereocenters. The topological polar surface area (TPSA) is 53.6 Å². The molecule has 1 aromatic heterocycles. The molecule has 1 aromatic rings.